The molecule has 1 heterocycles. The lowest BCUT2D eigenvalue weighted by atomic mass is 9.96. The topological polar surface area (TPSA) is 62.2 Å². The lowest BCUT2D eigenvalue weighted by Crippen LogP contribution is -2.39. The van der Waals surface area contributed by atoms with E-state index in [1.54, 1.807) is 7.11 Å². The number of benzene rings is 3. The van der Waals surface area contributed by atoms with Crippen LogP contribution in [0.5, 0.6) is 5.75 Å². The molecule has 1 unspecified atom stereocenters. The van der Waals surface area contributed by atoms with Crippen LogP contribution in [0.2, 0.25) is 0 Å². The molecule has 1 atom stereocenters. The molecule has 7 heteroatoms. The number of hydrogen-bond donors (Lipinski definition) is 0. The number of halogens is 1. The number of carbonyl (C=O) groups is 2. The van der Waals surface area contributed by atoms with Gasteiger partial charge in [0.15, 0.2) is 0 Å². The average Bonchev–Trinajstić information content (AvgIpc) is 3.30. The van der Waals surface area contributed by atoms with Gasteiger partial charge in [-0.1, -0.05) is 36.4 Å². The van der Waals surface area contributed by atoms with E-state index < -0.39 is 11.7 Å². The van der Waals surface area contributed by atoms with Gasteiger partial charge in [-0.15, -0.1) is 0 Å². The third-order valence-corrected chi connectivity index (χ3v) is 6.29. The van der Waals surface area contributed by atoms with Crippen molar-refractivity contribution in [1.82, 2.24) is 9.91 Å². The summed E-state index contributed by atoms with van der Waals surface area (Å²) in [6, 6.07) is 18.7. The van der Waals surface area contributed by atoms with Gasteiger partial charge in [-0.3, -0.25) is 9.59 Å². The Kier molecular flexibility index (Phi) is 6.96. The van der Waals surface area contributed by atoms with Crippen LogP contribution in [-0.4, -0.2) is 48.1 Å². The van der Waals surface area contributed by atoms with Crippen molar-refractivity contribution in [2.45, 2.75) is 26.3 Å². The maximum Gasteiger partial charge on any atom is 0.262 e. The number of likely N-dealkylation sites (N-methyl/N-ethyl adjacent to an activating group) is 1. The van der Waals surface area contributed by atoms with E-state index in [4.69, 9.17) is 9.84 Å². The van der Waals surface area contributed by atoms with E-state index in [0.717, 1.165) is 28.5 Å². The van der Waals surface area contributed by atoms with Crippen molar-refractivity contribution in [3.05, 3.63) is 100 Å². The van der Waals surface area contributed by atoms with E-state index in [1.165, 1.54) is 40.7 Å². The second-order valence-electron chi connectivity index (χ2n) is 8.72. The van der Waals surface area contributed by atoms with Gasteiger partial charge in [0.25, 0.3) is 11.8 Å². The standard InChI is InChI=1S/C28H28FN3O3/c1-18-12-13-20(14-19(18)2)24-16-25(23-10-5-6-11-26(23)35-4)32(30-24)27(33)17-31(3)28(34)21-8-7-9-22(29)15-21/h5-15,25H,16-17H2,1-4H3. The summed E-state index contributed by atoms with van der Waals surface area (Å²) < 4.78 is 19.2. The van der Waals surface area contributed by atoms with Crippen LogP contribution in [-0.2, 0) is 4.79 Å². The van der Waals surface area contributed by atoms with Crippen LogP contribution in [0, 0.1) is 19.7 Å². The summed E-state index contributed by atoms with van der Waals surface area (Å²) >= 11 is 0. The van der Waals surface area contributed by atoms with Crippen LogP contribution in [0.1, 0.15) is 45.1 Å². The average molecular weight is 474 g/mol. The first-order valence-corrected chi connectivity index (χ1v) is 11.4. The molecule has 0 saturated heterocycles. The molecule has 0 aliphatic carbocycles. The normalized spacial score (nSPS) is 15.1. The molecule has 0 spiro atoms. The molecule has 0 bridgehead atoms. The Bertz CT molecular complexity index is 1300. The van der Waals surface area contributed by atoms with Crippen molar-refractivity contribution in [2.75, 3.05) is 20.7 Å². The highest BCUT2D eigenvalue weighted by Crippen LogP contribution is 2.37. The SMILES string of the molecule is COc1ccccc1C1CC(c2ccc(C)c(C)c2)=NN1C(=O)CN(C)C(=O)c1cccc(F)c1. The summed E-state index contributed by atoms with van der Waals surface area (Å²) in [7, 11) is 3.11. The number of ether oxygens (including phenoxy) is 1. The number of hydrogen-bond acceptors (Lipinski definition) is 4. The van der Waals surface area contributed by atoms with E-state index in [9.17, 15) is 14.0 Å². The fraction of sp³-hybridized carbons (Fsp3) is 0.250. The number of aryl methyl sites for hydroxylation is 2. The molecule has 1 aliphatic rings. The fourth-order valence-electron chi connectivity index (χ4n) is 4.21. The summed E-state index contributed by atoms with van der Waals surface area (Å²) in [5.41, 5.74) is 5.08. The molecule has 0 fully saturated rings. The van der Waals surface area contributed by atoms with Gasteiger partial charge in [0.1, 0.15) is 18.1 Å². The first-order chi connectivity index (χ1) is 16.8. The molecule has 3 aromatic carbocycles. The third-order valence-electron chi connectivity index (χ3n) is 6.29. The Morgan fingerprint density at radius 3 is 2.54 bits per heavy atom. The van der Waals surface area contributed by atoms with Crippen molar-refractivity contribution in [1.29, 1.82) is 0 Å². The van der Waals surface area contributed by atoms with Crippen LogP contribution < -0.4 is 4.74 Å². The molecule has 0 saturated carbocycles. The van der Waals surface area contributed by atoms with Crippen molar-refractivity contribution >= 4 is 17.5 Å². The van der Waals surface area contributed by atoms with Crippen molar-refractivity contribution in [2.24, 2.45) is 5.10 Å². The van der Waals surface area contributed by atoms with E-state index in [1.807, 2.05) is 43.3 Å². The predicted molar refractivity (Wildman–Crippen MR) is 133 cm³/mol. The Hall–Kier alpha value is -4.00. The molecular weight excluding hydrogens is 445 g/mol. The predicted octanol–water partition coefficient (Wildman–Crippen LogP) is 4.90. The van der Waals surface area contributed by atoms with E-state index in [-0.39, 0.29) is 24.1 Å². The molecule has 180 valence electrons. The van der Waals surface area contributed by atoms with Crippen LogP contribution >= 0.6 is 0 Å². The second kappa shape index (κ2) is 10.1. The van der Waals surface area contributed by atoms with Gasteiger partial charge in [0, 0.05) is 24.6 Å². The molecule has 2 amide bonds. The number of rotatable bonds is 6. The number of methoxy groups -OCH3 is 1. The number of nitrogens with zero attached hydrogens (tertiary/aromatic N) is 3. The van der Waals surface area contributed by atoms with E-state index in [2.05, 4.69) is 13.0 Å². The van der Waals surface area contributed by atoms with Gasteiger partial charge in [-0.05, 0) is 60.9 Å². The molecular formula is C28H28FN3O3. The lowest BCUT2D eigenvalue weighted by Gasteiger charge is -2.26. The number of amides is 2. The highest BCUT2D eigenvalue weighted by Gasteiger charge is 2.35. The van der Waals surface area contributed by atoms with Gasteiger partial charge >= 0.3 is 0 Å². The van der Waals surface area contributed by atoms with Gasteiger partial charge < -0.3 is 9.64 Å². The summed E-state index contributed by atoms with van der Waals surface area (Å²) in [5, 5.41) is 6.15. The fourth-order valence-corrected chi connectivity index (χ4v) is 4.21. The van der Waals surface area contributed by atoms with Gasteiger partial charge in [-0.2, -0.15) is 5.10 Å². The Balaban J connectivity index is 1.64. The second-order valence-corrected chi connectivity index (χ2v) is 8.72. The molecule has 0 radical (unpaired) electrons. The number of carbonyl (C=O) groups excluding carboxylic acids is 2. The zero-order valence-corrected chi connectivity index (χ0v) is 20.3. The summed E-state index contributed by atoms with van der Waals surface area (Å²) in [5.74, 6) is -0.624. The molecule has 1 aliphatic heterocycles. The third kappa shape index (κ3) is 5.09. The summed E-state index contributed by atoms with van der Waals surface area (Å²) in [4.78, 5) is 27.5. The van der Waals surface area contributed by atoms with Crippen molar-refractivity contribution in [3.8, 4) is 5.75 Å². The van der Waals surface area contributed by atoms with E-state index >= 15 is 0 Å². The lowest BCUT2D eigenvalue weighted by molar-refractivity contribution is -0.133. The Morgan fingerprint density at radius 2 is 1.83 bits per heavy atom. The molecule has 0 N–H and O–H groups in total. The largest absolute Gasteiger partial charge is 0.496 e. The molecule has 6 nitrogen and oxygen atoms in total. The summed E-state index contributed by atoms with van der Waals surface area (Å²) in [6.45, 7) is 3.89. The first-order valence-electron chi connectivity index (χ1n) is 11.4. The number of para-hydroxylation sites is 1. The van der Waals surface area contributed by atoms with Crippen LogP contribution in [0.15, 0.2) is 71.8 Å². The maximum atomic E-state index is 13.6. The van der Waals surface area contributed by atoms with Gasteiger partial charge in [0.05, 0.1) is 18.9 Å². The minimum absolute atomic E-state index is 0.183. The highest BCUT2D eigenvalue weighted by molar-refractivity contribution is 6.04. The molecule has 35 heavy (non-hydrogen) atoms. The zero-order valence-electron chi connectivity index (χ0n) is 20.3. The quantitative estimate of drug-likeness (QED) is 0.512. The van der Waals surface area contributed by atoms with Gasteiger partial charge in [-0.25, -0.2) is 9.40 Å². The van der Waals surface area contributed by atoms with Gasteiger partial charge in [0.2, 0.25) is 0 Å². The highest BCUT2D eigenvalue weighted by atomic mass is 19.1. The van der Waals surface area contributed by atoms with Crippen LogP contribution in [0.25, 0.3) is 0 Å². The molecule has 3 aromatic rings. The Labute approximate surface area is 204 Å². The maximum absolute atomic E-state index is 13.6. The first kappa shape index (κ1) is 24.1. The Morgan fingerprint density at radius 1 is 1.06 bits per heavy atom. The minimum Gasteiger partial charge on any atom is -0.496 e. The number of hydrazone groups is 1. The molecule has 4 rings (SSSR count). The summed E-state index contributed by atoms with van der Waals surface area (Å²) in [6.07, 6.45) is 0.510. The monoisotopic (exact) mass is 473 g/mol. The van der Waals surface area contributed by atoms with E-state index in [0.29, 0.717) is 12.2 Å². The molecule has 0 aromatic heterocycles. The van der Waals surface area contributed by atoms with Crippen molar-refractivity contribution < 1.29 is 18.7 Å². The van der Waals surface area contributed by atoms with Crippen LogP contribution in [0.3, 0.4) is 0 Å². The minimum atomic E-state index is -0.506. The smallest absolute Gasteiger partial charge is 0.262 e. The zero-order chi connectivity index (χ0) is 25.1. The van der Waals surface area contributed by atoms with Crippen LogP contribution in [0.4, 0.5) is 4.39 Å². The van der Waals surface area contributed by atoms with Crippen molar-refractivity contribution in [3.63, 3.8) is 0 Å².